The Bertz CT molecular complexity index is 405. The fourth-order valence-electron chi connectivity index (χ4n) is 2.11. The summed E-state index contributed by atoms with van der Waals surface area (Å²) in [5.74, 6) is 0.851. The quantitative estimate of drug-likeness (QED) is 0.798. The standard InChI is InChI=1S/C11H20N2OP4/c1-2-5-13-6-7-14-11-9(8-13)10(3-4-12-11)18(16)17-15/h3-4,17H,2,5-8,15-16H2,1H3. The molecule has 3 nitrogen and oxygen atoms in total. The first kappa shape index (κ1) is 15.0. The van der Waals surface area contributed by atoms with Crippen molar-refractivity contribution < 1.29 is 4.74 Å². The summed E-state index contributed by atoms with van der Waals surface area (Å²) in [5, 5.41) is 1.43. The average Bonchev–Trinajstić information content (AvgIpc) is 2.59. The van der Waals surface area contributed by atoms with E-state index in [2.05, 4.69) is 40.7 Å². The van der Waals surface area contributed by atoms with Gasteiger partial charge in [0, 0.05) is 24.8 Å². The zero-order valence-electron chi connectivity index (χ0n) is 10.6. The van der Waals surface area contributed by atoms with E-state index in [1.807, 2.05) is 6.20 Å². The Morgan fingerprint density at radius 2 is 2.44 bits per heavy atom. The second-order valence-corrected chi connectivity index (χ2v) is 13.4. The molecule has 0 bridgehead atoms. The third-order valence-electron chi connectivity index (χ3n) is 2.96. The zero-order valence-corrected chi connectivity index (χ0v) is 14.8. The van der Waals surface area contributed by atoms with E-state index < -0.39 is 0 Å². The number of pyridine rings is 1. The predicted octanol–water partition coefficient (Wildman–Crippen LogP) is 2.97. The van der Waals surface area contributed by atoms with Crippen molar-refractivity contribution in [3.63, 3.8) is 0 Å². The number of hydrogen-bond acceptors (Lipinski definition) is 3. The minimum absolute atomic E-state index is 0.168. The molecule has 0 fully saturated rings. The smallest absolute Gasteiger partial charge is 0.218 e. The summed E-state index contributed by atoms with van der Waals surface area (Å²) in [6.45, 7) is 6.09. The highest BCUT2D eigenvalue weighted by atomic mass is 32.6. The molecule has 0 N–H and O–H groups in total. The van der Waals surface area contributed by atoms with E-state index in [0.717, 1.165) is 40.1 Å². The summed E-state index contributed by atoms with van der Waals surface area (Å²) >= 11 is 0. The molecule has 0 aromatic carbocycles. The first-order valence-corrected chi connectivity index (χ1v) is 12.7. The van der Waals surface area contributed by atoms with E-state index in [1.165, 1.54) is 17.3 Å². The highest BCUT2D eigenvalue weighted by Crippen LogP contribution is 2.65. The van der Waals surface area contributed by atoms with Gasteiger partial charge in [-0.2, -0.15) is 0 Å². The molecule has 0 aliphatic carbocycles. The Morgan fingerprint density at radius 3 is 3.17 bits per heavy atom. The summed E-state index contributed by atoms with van der Waals surface area (Å²) in [6.07, 6.45) is 3.07. The van der Waals surface area contributed by atoms with Crippen LogP contribution in [0.1, 0.15) is 18.9 Å². The van der Waals surface area contributed by atoms with Gasteiger partial charge in [-0.15, -0.1) is 17.9 Å². The third-order valence-corrected chi connectivity index (χ3v) is 13.1. The van der Waals surface area contributed by atoms with E-state index in [9.17, 15) is 0 Å². The number of hydrogen-bond donors (Lipinski definition) is 0. The second-order valence-electron chi connectivity index (χ2n) is 4.24. The van der Waals surface area contributed by atoms with Crippen LogP contribution in [0, 0.1) is 0 Å². The molecule has 100 valence electrons. The van der Waals surface area contributed by atoms with Crippen LogP contribution in [-0.2, 0) is 6.54 Å². The molecule has 2 rings (SSSR count). The minimum Gasteiger partial charge on any atom is -0.476 e. The highest BCUT2D eigenvalue weighted by Gasteiger charge is 2.20. The van der Waals surface area contributed by atoms with Gasteiger partial charge in [-0.05, 0) is 31.6 Å². The maximum atomic E-state index is 5.80. The lowest BCUT2D eigenvalue weighted by Crippen LogP contribution is -2.27. The molecule has 4 atom stereocenters. The number of fused-ring (bicyclic) bond motifs is 1. The van der Waals surface area contributed by atoms with Crippen molar-refractivity contribution in [2.24, 2.45) is 0 Å². The van der Waals surface area contributed by atoms with Gasteiger partial charge in [-0.1, -0.05) is 14.9 Å². The molecule has 1 aliphatic rings. The van der Waals surface area contributed by atoms with Gasteiger partial charge in [0.2, 0.25) is 5.88 Å². The lowest BCUT2D eigenvalue weighted by Gasteiger charge is -2.21. The van der Waals surface area contributed by atoms with E-state index in [1.54, 1.807) is 0 Å². The van der Waals surface area contributed by atoms with Crippen LogP contribution in [0.4, 0.5) is 0 Å². The highest BCUT2D eigenvalue weighted by molar-refractivity contribution is 8.63. The summed E-state index contributed by atoms with van der Waals surface area (Å²) < 4.78 is 5.80. The predicted molar refractivity (Wildman–Crippen MR) is 89.6 cm³/mol. The monoisotopic (exact) mass is 320 g/mol. The Labute approximate surface area is 116 Å². The van der Waals surface area contributed by atoms with Gasteiger partial charge in [0.15, 0.2) is 0 Å². The third kappa shape index (κ3) is 3.59. The van der Waals surface area contributed by atoms with Crippen molar-refractivity contribution >= 4 is 38.4 Å². The Balaban J connectivity index is 2.30. The van der Waals surface area contributed by atoms with Gasteiger partial charge >= 0.3 is 0 Å². The Morgan fingerprint density at radius 1 is 1.61 bits per heavy atom. The second kappa shape index (κ2) is 7.42. The zero-order chi connectivity index (χ0) is 13.0. The topological polar surface area (TPSA) is 25.4 Å². The van der Waals surface area contributed by atoms with E-state index in [0.29, 0.717) is 0 Å². The summed E-state index contributed by atoms with van der Waals surface area (Å²) in [4.78, 5) is 6.87. The fourth-order valence-corrected chi connectivity index (χ4v) is 5.96. The van der Waals surface area contributed by atoms with Gasteiger partial charge in [0.05, 0.1) is 0 Å². The van der Waals surface area contributed by atoms with Crippen LogP contribution >= 0.6 is 33.1 Å². The first-order chi connectivity index (χ1) is 8.76. The summed E-state index contributed by atoms with van der Waals surface area (Å²) in [5.41, 5.74) is 1.31. The molecule has 0 amide bonds. The molecule has 7 heteroatoms. The molecule has 2 heterocycles. The van der Waals surface area contributed by atoms with Crippen LogP contribution < -0.4 is 10.0 Å². The van der Waals surface area contributed by atoms with E-state index in [-0.39, 0.29) is 7.30 Å². The van der Waals surface area contributed by atoms with Crippen LogP contribution in [0.25, 0.3) is 0 Å². The van der Waals surface area contributed by atoms with Gasteiger partial charge in [-0.3, -0.25) is 4.90 Å². The molecule has 1 aromatic heterocycles. The maximum Gasteiger partial charge on any atom is 0.218 e. The molecule has 0 saturated heterocycles. The molecule has 0 spiro atoms. The van der Waals surface area contributed by atoms with Crippen molar-refractivity contribution in [1.82, 2.24) is 9.88 Å². The van der Waals surface area contributed by atoms with Crippen LogP contribution in [0.15, 0.2) is 12.3 Å². The van der Waals surface area contributed by atoms with Crippen molar-refractivity contribution in [3.05, 3.63) is 17.8 Å². The van der Waals surface area contributed by atoms with Gasteiger partial charge in [-0.25, -0.2) is 4.98 Å². The number of ether oxygens (including phenoxy) is 1. The Hall–Kier alpha value is 0.630. The van der Waals surface area contributed by atoms with Crippen molar-refractivity contribution in [2.75, 3.05) is 19.7 Å². The average molecular weight is 320 g/mol. The van der Waals surface area contributed by atoms with Crippen LogP contribution in [0.2, 0.25) is 0 Å². The molecule has 4 unspecified atom stereocenters. The van der Waals surface area contributed by atoms with Crippen LogP contribution in [-0.4, -0.2) is 29.6 Å². The number of aromatic nitrogens is 1. The molecule has 1 aliphatic heterocycles. The first-order valence-electron chi connectivity index (χ1n) is 6.10. The van der Waals surface area contributed by atoms with Crippen molar-refractivity contribution in [3.8, 4) is 5.88 Å². The summed E-state index contributed by atoms with van der Waals surface area (Å²) in [7, 11) is 6.55. The normalized spacial score (nSPS) is 18.4. The fraction of sp³-hybridized carbons (Fsp3) is 0.545. The molecular formula is C11H20N2OP4. The van der Waals surface area contributed by atoms with Crippen LogP contribution in [0.5, 0.6) is 5.88 Å². The lowest BCUT2D eigenvalue weighted by molar-refractivity contribution is 0.224. The van der Waals surface area contributed by atoms with Gasteiger partial charge in [0.1, 0.15) is 6.61 Å². The minimum atomic E-state index is -0.168. The van der Waals surface area contributed by atoms with Crippen molar-refractivity contribution in [2.45, 2.75) is 19.9 Å². The van der Waals surface area contributed by atoms with Crippen molar-refractivity contribution in [1.29, 1.82) is 0 Å². The molecular weight excluding hydrogens is 300 g/mol. The van der Waals surface area contributed by atoms with E-state index >= 15 is 0 Å². The summed E-state index contributed by atoms with van der Waals surface area (Å²) in [6, 6.07) is 2.16. The largest absolute Gasteiger partial charge is 0.476 e. The molecule has 18 heavy (non-hydrogen) atoms. The molecule has 0 saturated carbocycles. The molecule has 0 radical (unpaired) electrons. The van der Waals surface area contributed by atoms with Crippen LogP contribution in [0.3, 0.4) is 0 Å². The number of rotatable bonds is 4. The van der Waals surface area contributed by atoms with Gasteiger partial charge in [0.25, 0.3) is 0 Å². The lowest BCUT2D eigenvalue weighted by atomic mass is 10.2. The number of nitrogens with zero attached hydrogens (tertiary/aromatic N) is 2. The van der Waals surface area contributed by atoms with E-state index in [4.69, 9.17) is 4.74 Å². The Kier molecular flexibility index (Phi) is 6.20. The SMILES string of the molecule is CCCN1CCOc2nccc(P(P)PP)c2C1. The maximum absolute atomic E-state index is 5.80. The molecule has 1 aromatic rings. The van der Waals surface area contributed by atoms with Gasteiger partial charge < -0.3 is 4.74 Å².